The first kappa shape index (κ1) is 21.7. The second-order valence-corrected chi connectivity index (χ2v) is 6.01. The van der Waals surface area contributed by atoms with E-state index in [0.29, 0.717) is 19.6 Å². The molecular formula is C15H36N4O3. The highest BCUT2D eigenvalue weighted by atomic mass is 16.3. The summed E-state index contributed by atoms with van der Waals surface area (Å²) in [6.07, 6.45) is -0.985. The monoisotopic (exact) mass is 320 g/mol. The molecule has 7 heteroatoms. The molecule has 0 saturated heterocycles. The number of nitrogens with zero attached hydrogens (tertiary/aromatic N) is 1. The molecule has 0 aliphatic carbocycles. The lowest BCUT2D eigenvalue weighted by Crippen LogP contribution is -2.42. The molecule has 0 rings (SSSR count). The Morgan fingerprint density at radius 1 is 0.682 bits per heavy atom. The minimum absolute atomic E-state index is 0.310. The Bertz CT molecular complexity index is 241. The fraction of sp³-hybridized carbons (Fsp3) is 1.00. The van der Waals surface area contributed by atoms with Crippen LogP contribution in [0.3, 0.4) is 0 Å². The number of hydrogen-bond acceptors (Lipinski definition) is 7. The molecule has 0 fully saturated rings. The molecule has 134 valence electrons. The highest BCUT2D eigenvalue weighted by molar-refractivity contribution is 4.66. The molecule has 0 aliphatic heterocycles. The van der Waals surface area contributed by atoms with Crippen LogP contribution in [0.25, 0.3) is 0 Å². The maximum atomic E-state index is 9.54. The van der Waals surface area contributed by atoms with Gasteiger partial charge in [0.2, 0.25) is 0 Å². The lowest BCUT2D eigenvalue weighted by atomic mass is 10.3. The SMILES string of the molecule is CC(O)CNCCNCCN(CCNCC(C)O)CC(C)O. The Labute approximate surface area is 135 Å². The number of aliphatic hydroxyl groups is 3. The van der Waals surface area contributed by atoms with Crippen molar-refractivity contribution in [3.8, 4) is 0 Å². The first-order chi connectivity index (χ1) is 10.4. The molecule has 0 bridgehead atoms. The summed E-state index contributed by atoms with van der Waals surface area (Å²) < 4.78 is 0. The Morgan fingerprint density at radius 3 is 1.64 bits per heavy atom. The quantitative estimate of drug-likeness (QED) is 0.198. The summed E-state index contributed by atoms with van der Waals surface area (Å²) in [6.45, 7) is 12.2. The fourth-order valence-electron chi connectivity index (χ4n) is 2.07. The van der Waals surface area contributed by atoms with E-state index in [1.807, 2.05) is 0 Å². The first-order valence-corrected chi connectivity index (χ1v) is 8.30. The van der Waals surface area contributed by atoms with Crippen molar-refractivity contribution in [1.29, 1.82) is 0 Å². The third kappa shape index (κ3) is 16.1. The average Bonchev–Trinajstić information content (AvgIpc) is 2.40. The van der Waals surface area contributed by atoms with Gasteiger partial charge in [-0.1, -0.05) is 0 Å². The normalized spacial score (nSPS) is 16.0. The van der Waals surface area contributed by atoms with Crippen LogP contribution >= 0.6 is 0 Å². The smallest absolute Gasteiger partial charge is 0.0639 e. The Kier molecular flexibility index (Phi) is 14.1. The van der Waals surface area contributed by atoms with Crippen molar-refractivity contribution >= 4 is 0 Å². The lowest BCUT2D eigenvalue weighted by Gasteiger charge is -2.24. The number of nitrogens with one attached hydrogen (secondary N) is 3. The van der Waals surface area contributed by atoms with Crippen molar-refractivity contribution < 1.29 is 15.3 Å². The molecule has 3 unspecified atom stereocenters. The Balaban J connectivity index is 3.66. The largest absolute Gasteiger partial charge is 0.392 e. The fourth-order valence-corrected chi connectivity index (χ4v) is 2.07. The van der Waals surface area contributed by atoms with Crippen molar-refractivity contribution in [2.75, 3.05) is 58.9 Å². The van der Waals surface area contributed by atoms with E-state index in [1.165, 1.54) is 0 Å². The summed E-state index contributed by atoms with van der Waals surface area (Å²) in [5.74, 6) is 0. The van der Waals surface area contributed by atoms with Gasteiger partial charge in [-0.05, 0) is 20.8 Å². The molecule has 0 spiro atoms. The highest BCUT2D eigenvalue weighted by Crippen LogP contribution is 1.91. The molecule has 0 aromatic heterocycles. The zero-order valence-electron chi connectivity index (χ0n) is 14.4. The highest BCUT2D eigenvalue weighted by Gasteiger charge is 2.07. The number of rotatable bonds is 15. The molecule has 22 heavy (non-hydrogen) atoms. The van der Waals surface area contributed by atoms with E-state index in [-0.39, 0.29) is 18.3 Å². The molecule has 0 radical (unpaired) electrons. The van der Waals surface area contributed by atoms with E-state index in [2.05, 4.69) is 20.9 Å². The number of hydrogen-bond donors (Lipinski definition) is 6. The van der Waals surface area contributed by atoms with Crippen molar-refractivity contribution in [2.24, 2.45) is 0 Å². The van der Waals surface area contributed by atoms with Crippen molar-refractivity contribution in [3.63, 3.8) is 0 Å². The van der Waals surface area contributed by atoms with Crippen LogP contribution in [0.2, 0.25) is 0 Å². The summed E-state index contributed by atoms with van der Waals surface area (Å²) in [6, 6.07) is 0. The zero-order chi connectivity index (χ0) is 16.8. The summed E-state index contributed by atoms with van der Waals surface area (Å²) in [5, 5.41) is 37.5. The molecule has 3 atom stereocenters. The van der Waals surface area contributed by atoms with E-state index in [9.17, 15) is 10.2 Å². The van der Waals surface area contributed by atoms with Gasteiger partial charge in [0.05, 0.1) is 18.3 Å². The molecule has 6 N–H and O–H groups in total. The predicted molar refractivity (Wildman–Crippen MR) is 90.1 cm³/mol. The van der Waals surface area contributed by atoms with Gasteiger partial charge in [-0.2, -0.15) is 0 Å². The van der Waals surface area contributed by atoms with E-state index < -0.39 is 0 Å². The van der Waals surface area contributed by atoms with Crippen LogP contribution in [-0.4, -0.2) is 97.4 Å². The van der Waals surface area contributed by atoms with Crippen LogP contribution in [0, 0.1) is 0 Å². The topological polar surface area (TPSA) is 100 Å². The van der Waals surface area contributed by atoms with Crippen LogP contribution in [-0.2, 0) is 0 Å². The second kappa shape index (κ2) is 14.3. The van der Waals surface area contributed by atoms with Crippen LogP contribution < -0.4 is 16.0 Å². The molecule has 0 heterocycles. The van der Waals surface area contributed by atoms with Gasteiger partial charge in [-0.3, -0.25) is 4.90 Å². The zero-order valence-corrected chi connectivity index (χ0v) is 14.4. The third-order valence-electron chi connectivity index (χ3n) is 3.09. The molecule has 7 nitrogen and oxygen atoms in total. The number of aliphatic hydroxyl groups excluding tert-OH is 3. The van der Waals surface area contributed by atoms with Gasteiger partial charge in [-0.25, -0.2) is 0 Å². The average molecular weight is 320 g/mol. The van der Waals surface area contributed by atoms with E-state index in [0.717, 1.165) is 39.3 Å². The van der Waals surface area contributed by atoms with Gasteiger partial charge in [-0.15, -0.1) is 0 Å². The van der Waals surface area contributed by atoms with Gasteiger partial charge in [0.25, 0.3) is 0 Å². The molecule has 0 aromatic carbocycles. The molecule has 0 amide bonds. The van der Waals surface area contributed by atoms with Crippen LogP contribution in [0.4, 0.5) is 0 Å². The predicted octanol–water partition coefficient (Wildman–Crippen LogP) is -1.80. The van der Waals surface area contributed by atoms with Gasteiger partial charge in [0.15, 0.2) is 0 Å². The minimum atomic E-state index is -0.343. The van der Waals surface area contributed by atoms with E-state index in [4.69, 9.17) is 5.11 Å². The molecule has 0 aliphatic rings. The Morgan fingerprint density at radius 2 is 1.14 bits per heavy atom. The lowest BCUT2D eigenvalue weighted by molar-refractivity contribution is 0.125. The van der Waals surface area contributed by atoms with E-state index in [1.54, 1.807) is 20.8 Å². The molecule has 0 saturated carbocycles. The van der Waals surface area contributed by atoms with E-state index >= 15 is 0 Å². The minimum Gasteiger partial charge on any atom is -0.392 e. The van der Waals surface area contributed by atoms with Crippen molar-refractivity contribution in [3.05, 3.63) is 0 Å². The maximum absolute atomic E-state index is 9.54. The first-order valence-electron chi connectivity index (χ1n) is 8.30. The summed E-state index contributed by atoms with van der Waals surface area (Å²) in [4.78, 5) is 2.20. The second-order valence-electron chi connectivity index (χ2n) is 6.01. The maximum Gasteiger partial charge on any atom is 0.0639 e. The van der Waals surface area contributed by atoms with Crippen LogP contribution in [0.5, 0.6) is 0 Å². The summed E-state index contributed by atoms with van der Waals surface area (Å²) in [7, 11) is 0. The molecular weight excluding hydrogens is 284 g/mol. The summed E-state index contributed by atoms with van der Waals surface area (Å²) >= 11 is 0. The molecule has 0 aromatic rings. The Hall–Kier alpha value is -0.280. The van der Waals surface area contributed by atoms with Crippen molar-refractivity contribution in [1.82, 2.24) is 20.9 Å². The van der Waals surface area contributed by atoms with Gasteiger partial charge in [0, 0.05) is 58.9 Å². The third-order valence-corrected chi connectivity index (χ3v) is 3.09. The summed E-state index contributed by atoms with van der Waals surface area (Å²) in [5.41, 5.74) is 0. The van der Waals surface area contributed by atoms with Gasteiger partial charge < -0.3 is 31.3 Å². The van der Waals surface area contributed by atoms with Crippen LogP contribution in [0.15, 0.2) is 0 Å². The standard InChI is InChI=1S/C15H36N4O3/c1-13(20)10-17-5-4-16-6-8-19(12-15(3)22)9-7-18-11-14(2)21/h13-18,20-22H,4-12H2,1-3H3. The van der Waals surface area contributed by atoms with Gasteiger partial charge >= 0.3 is 0 Å². The van der Waals surface area contributed by atoms with Crippen molar-refractivity contribution in [2.45, 2.75) is 39.1 Å². The van der Waals surface area contributed by atoms with Crippen LogP contribution in [0.1, 0.15) is 20.8 Å². The van der Waals surface area contributed by atoms with Gasteiger partial charge in [0.1, 0.15) is 0 Å².